The molecule has 0 bridgehead atoms. The number of anilines is 1. The number of hydrogen-bond donors (Lipinski definition) is 1. The second-order valence-electron chi connectivity index (χ2n) is 5.96. The SMILES string of the molecule is CCCC(=O)N[C@@H]1CCCN(c2ncnc3ccc(F)cc23)C1. The Kier molecular flexibility index (Phi) is 4.69. The molecule has 1 aromatic heterocycles. The summed E-state index contributed by atoms with van der Waals surface area (Å²) in [5.41, 5.74) is 0.730. The zero-order valence-corrected chi connectivity index (χ0v) is 13.3. The van der Waals surface area contributed by atoms with Crippen molar-refractivity contribution < 1.29 is 9.18 Å². The summed E-state index contributed by atoms with van der Waals surface area (Å²) >= 11 is 0. The highest BCUT2D eigenvalue weighted by Gasteiger charge is 2.23. The Bertz CT molecular complexity index is 706. The number of fused-ring (bicyclic) bond motifs is 1. The van der Waals surface area contributed by atoms with Crippen LogP contribution in [-0.4, -0.2) is 35.0 Å². The van der Waals surface area contributed by atoms with Crippen molar-refractivity contribution in [1.82, 2.24) is 15.3 Å². The average Bonchev–Trinajstić information content (AvgIpc) is 2.54. The van der Waals surface area contributed by atoms with E-state index < -0.39 is 0 Å². The van der Waals surface area contributed by atoms with E-state index in [9.17, 15) is 9.18 Å². The topological polar surface area (TPSA) is 58.1 Å². The molecule has 0 radical (unpaired) electrons. The minimum atomic E-state index is -0.293. The fourth-order valence-corrected chi connectivity index (χ4v) is 3.08. The number of benzene rings is 1. The molecule has 1 fully saturated rings. The number of rotatable bonds is 4. The molecule has 0 saturated carbocycles. The number of halogens is 1. The van der Waals surface area contributed by atoms with Crippen LogP contribution >= 0.6 is 0 Å². The molecular formula is C17H21FN4O. The first-order valence-electron chi connectivity index (χ1n) is 8.12. The summed E-state index contributed by atoms with van der Waals surface area (Å²) in [6.07, 6.45) is 4.84. The van der Waals surface area contributed by atoms with Gasteiger partial charge in [0.1, 0.15) is 18.0 Å². The minimum absolute atomic E-state index is 0.0953. The maximum atomic E-state index is 13.6. The Hall–Kier alpha value is -2.24. The number of carbonyl (C=O) groups excluding carboxylic acids is 1. The summed E-state index contributed by atoms with van der Waals surface area (Å²) < 4.78 is 13.6. The lowest BCUT2D eigenvalue weighted by Gasteiger charge is -2.34. The lowest BCUT2D eigenvalue weighted by Crippen LogP contribution is -2.48. The Morgan fingerprint density at radius 3 is 3.13 bits per heavy atom. The first-order chi connectivity index (χ1) is 11.2. The summed E-state index contributed by atoms with van der Waals surface area (Å²) in [6.45, 7) is 3.54. The van der Waals surface area contributed by atoms with Gasteiger partial charge in [-0.1, -0.05) is 6.92 Å². The van der Waals surface area contributed by atoms with Gasteiger partial charge in [0.15, 0.2) is 0 Å². The van der Waals surface area contributed by atoms with Crippen LogP contribution in [0.2, 0.25) is 0 Å². The van der Waals surface area contributed by atoms with E-state index in [4.69, 9.17) is 0 Å². The van der Waals surface area contributed by atoms with Crippen LogP contribution in [0.25, 0.3) is 10.9 Å². The van der Waals surface area contributed by atoms with Gasteiger partial charge in [0.05, 0.1) is 5.52 Å². The van der Waals surface area contributed by atoms with Crippen molar-refractivity contribution >= 4 is 22.6 Å². The van der Waals surface area contributed by atoms with Gasteiger partial charge in [-0.3, -0.25) is 4.79 Å². The summed E-state index contributed by atoms with van der Waals surface area (Å²) in [5, 5.41) is 3.80. The fraction of sp³-hybridized carbons (Fsp3) is 0.471. The summed E-state index contributed by atoms with van der Waals surface area (Å²) in [6, 6.07) is 4.66. The van der Waals surface area contributed by atoms with Crippen molar-refractivity contribution in [1.29, 1.82) is 0 Å². The summed E-state index contributed by atoms with van der Waals surface area (Å²) in [5.74, 6) is 0.542. The number of hydrogen-bond acceptors (Lipinski definition) is 4. The smallest absolute Gasteiger partial charge is 0.220 e. The van der Waals surface area contributed by atoms with Gasteiger partial charge in [0.2, 0.25) is 5.91 Å². The van der Waals surface area contributed by atoms with E-state index in [0.717, 1.165) is 37.1 Å². The molecule has 0 unspecified atom stereocenters. The van der Waals surface area contributed by atoms with E-state index in [1.807, 2.05) is 6.92 Å². The Morgan fingerprint density at radius 2 is 2.30 bits per heavy atom. The minimum Gasteiger partial charge on any atom is -0.354 e. The van der Waals surface area contributed by atoms with E-state index in [1.165, 1.54) is 18.5 Å². The molecule has 5 nitrogen and oxygen atoms in total. The summed E-state index contributed by atoms with van der Waals surface area (Å²) in [4.78, 5) is 22.5. The zero-order valence-electron chi connectivity index (χ0n) is 13.3. The third kappa shape index (κ3) is 3.57. The highest BCUT2D eigenvalue weighted by atomic mass is 19.1. The molecule has 6 heteroatoms. The van der Waals surface area contributed by atoms with Crippen LogP contribution in [0.1, 0.15) is 32.6 Å². The molecule has 2 aromatic rings. The zero-order chi connectivity index (χ0) is 16.2. The van der Waals surface area contributed by atoms with Crippen LogP contribution in [0.5, 0.6) is 0 Å². The molecule has 0 spiro atoms. The number of amides is 1. The van der Waals surface area contributed by atoms with Gasteiger partial charge in [-0.25, -0.2) is 14.4 Å². The van der Waals surface area contributed by atoms with Gasteiger partial charge in [0, 0.05) is 30.9 Å². The number of aromatic nitrogens is 2. The Morgan fingerprint density at radius 1 is 1.43 bits per heavy atom. The third-order valence-electron chi connectivity index (χ3n) is 4.14. The molecule has 0 aliphatic carbocycles. The van der Waals surface area contributed by atoms with Crippen molar-refractivity contribution in [2.24, 2.45) is 0 Å². The molecular weight excluding hydrogens is 295 g/mol. The number of nitrogens with one attached hydrogen (secondary N) is 1. The molecule has 1 atom stereocenters. The van der Waals surface area contributed by atoms with E-state index in [1.54, 1.807) is 6.07 Å². The Labute approximate surface area is 134 Å². The van der Waals surface area contributed by atoms with E-state index in [0.29, 0.717) is 18.4 Å². The summed E-state index contributed by atoms with van der Waals surface area (Å²) in [7, 11) is 0. The van der Waals surface area contributed by atoms with Gasteiger partial charge >= 0.3 is 0 Å². The number of nitrogens with zero attached hydrogens (tertiary/aromatic N) is 3. The standard InChI is InChI=1S/C17H21FN4O/c1-2-4-16(23)21-13-5-3-8-22(10-13)17-14-9-12(18)6-7-15(14)19-11-20-17/h6-7,9,11,13H,2-5,8,10H2,1H3,(H,21,23)/t13-/m1/s1. The van der Waals surface area contributed by atoms with Gasteiger partial charge in [-0.15, -0.1) is 0 Å². The second kappa shape index (κ2) is 6.89. The largest absolute Gasteiger partial charge is 0.354 e. The van der Waals surface area contributed by atoms with Gasteiger partial charge in [-0.2, -0.15) is 0 Å². The van der Waals surface area contributed by atoms with Crippen LogP contribution in [0.4, 0.5) is 10.2 Å². The fourth-order valence-electron chi connectivity index (χ4n) is 3.08. The van der Waals surface area contributed by atoms with Crippen molar-refractivity contribution in [3.63, 3.8) is 0 Å². The molecule has 1 N–H and O–H groups in total. The predicted octanol–water partition coefficient (Wildman–Crippen LogP) is 2.65. The first kappa shape index (κ1) is 15.6. The van der Waals surface area contributed by atoms with Crippen molar-refractivity contribution in [3.05, 3.63) is 30.3 Å². The molecule has 1 aliphatic rings. The predicted molar refractivity (Wildman–Crippen MR) is 87.8 cm³/mol. The van der Waals surface area contributed by atoms with Crippen LogP contribution in [-0.2, 0) is 4.79 Å². The van der Waals surface area contributed by atoms with Crippen molar-refractivity contribution in [2.75, 3.05) is 18.0 Å². The molecule has 1 saturated heterocycles. The number of carbonyl (C=O) groups is 1. The van der Waals surface area contributed by atoms with Crippen molar-refractivity contribution in [2.45, 2.75) is 38.6 Å². The first-order valence-corrected chi connectivity index (χ1v) is 8.12. The van der Waals surface area contributed by atoms with E-state index >= 15 is 0 Å². The molecule has 23 heavy (non-hydrogen) atoms. The molecule has 122 valence electrons. The lowest BCUT2D eigenvalue weighted by atomic mass is 10.0. The van der Waals surface area contributed by atoms with Crippen LogP contribution in [0.3, 0.4) is 0 Å². The number of piperidine rings is 1. The average molecular weight is 316 g/mol. The van der Waals surface area contributed by atoms with Crippen LogP contribution in [0, 0.1) is 5.82 Å². The molecule has 1 amide bonds. The monoisotopic (exact) mass is 316 g/mol. The Balaban J connectivity index is 1.81. The maximum absolute atomic E-state index is 13.6. The van der Waals surface area contributed by atoms with Gasteiger partial charge in [0.25, 0.3) is 0 Å². The highest BCUT2D eigenvalue weighted by molar-refractivity contribution is 5.89. The third-order valence-corrected chi connectivity index (χ3v) is 4.14. The second-order valence-corrected chi connectivity index (χ2v) is 5.96. The molecule has 1 aliphatic heterocycles. The van der Waals surface area contributed by atoms with Gasteiger partial charge < -0.3 is 10.2 Å². The van der Waals surface area contributed by atoms with E-state index in [-0.39, 0.29) is 17.8 Å². The lowest BCUT2D eigenvalue weighted by molar-refractivity contribution is -0.121. The quantitative estimate of drug-likeness (QED) is 0.942. The molecule has 1 aromatic carbocycles. The van der Waals surface area contributed by atoms with Gasteiger partial charge in [-0.05, 0) is 37.5 Å². The van der Waals surface area contributed by atoms with Crippen LogP contribution in [0.15, 0.2) is 24.5 Å². The molecule has 2 heterocycles. The highest BCUT2D eigenvalue weighted by Crippen LogP contribution is 2.26. The normalized spacial score (nSPS) is 18.2. The van der Waals surface area contributed by atoms with Crippen LogP contribution < -0.4 is 10.2 Å². The van der Waals surface area contributed by atoms with E-state index in [2.05, 4.69) is 20.2 Å². The molecule has 3 rings (SSSR count). The van der Waals surface area contributed by atoms with Crippen molar-refractivity contribution in [3.8, 4) is 0 Å². The maximum Gasteiger partial charge on any atom is 0.220 e.